The average Bonchev–Trinajstić information content (AvgIpc) is 2.64. The molecule has 0 radical (unpaired) electrons. The highest BCUT2D eigenvalue weighted by molar-refractivity contribution is 5.79. The third kappa shape index (κ3) is 4.44. The minimum atomic E-state index is -0.923. The van der Waals surface area contributed by atoms with Crippen LogP contribution in [0.3, 0.4) is 0 Å². The van der Waals surface area contributed by atoms with Crippen molar-refractivity contribution >= 4 is 5.97 Å². The van der Waals surface area contributed by atoms with Gasteiger partial charge in [-0.1, -0.05) is 19.9 Å². The first-order valence-corrected chi connectivity index (χ1v) is 5.59. The second kappa shape index (κ2) is 5.68. The lowest BCUT2D eigenvalue weighted by Gasteiger charge is -2.22. The molecule has 2 N–H and O–H groups in total. The summed E-state index contributed by atoms with van der Waals surface area (Å²) < 4.78 is 5.59. The predicted molar refractivity (Wildman–Crippen MR) is 66.1 cm³/mol. The van der Waals surface area contributed by atoms with Crippen LogP contribution in [0.25, 0.3) is 0 Å². The lowest BCUT2D eigenvalue weighted by Crippen LogP contribution is -2.32. The van der Waals surface area contributed by atoms with Gasteiger partial charge in [0.25, 0.3) is 0 Å². The summed E-state index contributed by atoms with van der Waals surface area (Å²) in [5.74, 6) is 0.913. The molecule has 4 nitrogen and oxygen atoms in total. The molecule has 0 bridgehead atoms. The van der Waals surface area contributed by atoms with E-state index in [9.17, 15) is 4.79 Å². The average molecular weight is 237 g/mol. The number of furan rings is 1. The van der Waals surface area contributed by atoms with E-state index >= 15 is 0 Å². The maximum Gasteiger partial charge on any atom is 0.328 e. The normalized spacial score (nSPS) is 12.2. The van der Waals surface area contributed by atoms with Crippen LogP contribution in [0.15, 0.2) is 28.7 Å². The number of carbonyl (C=O) groups is 1. The summed E-state index contributed by atoms with van der Waals surface area (Å²) in [7, 11) is 0. The van der Waals surface area contributed by atoms with Crippen LogP contribution >= 0.6 is 0 Å². The maximum atomic E-state index is 10.3. The topological polar surface area (TPSA) is 62.5 Å². The van der Waals surface area contributed by atoms with Crippen molar-refractivity contribution in [2.45, 2.75) is 26.2 Å². The molecular formula is C13H19NO3. The maximum absolute atomic E-state index is 10.3. The van der Waals surface area contributed by atoms with E-state index in [0.29, 0.717) is 6.54 Å². The summed E-state index contributed by atoms with van der Waals surface area (Å²) in [4.78, 5) is 10.3. The fourth-order valence-corrected chi connectivity index (χ4v) is 1.51. The largest absolute Gasteiger partial charge is 0.478 e. The van der Waals surface area contributed by atoms with Gasteiger partial charge in [0, 0.05) is 24.6 Å². The van der Waals surface area contributed by atoms with Crippen molar-refractivity contribution in [3.63, 3.8) is 0 Å². The first-order valence-electron chi connectivity index (χ1n) is 5.59. The molecule has 17 heavy (non-hydrogen) atoms. The van der Waals surface area contributed by atoms with Gasteiger partial charge in [-0.3, -0.25) is 0 Å². The fraction of sp³-hybridized carbons (Fsp3) is 0.462. The Labute approximate surface area is 101 Å². The van der Waals surface area contributed by atoms with Crippen LogP contribution in [0.1, 0.15) is 25.4 Å². The van der Waals surface area contributed by atoms with Crippen molar-refractivity contribution in [1.82, 2.24) is 5.32 Å². The Morgan fingerprint density at radius 3 is 2.76 bits per heavy atom. The highest BCUT2D eigenvalue weighted by atomic mass is 16.4. The number of aliphatic carboxylic acids is 1. The van der Waals surface area contributed by atoms with E-state index in [0.717, 1.165) is 24.1 Å². The lowest BCUT2D eigenvalue weighted by molar-refractivity contribution is -0.131. The minimum Gasteiger partial charge on any atom is -0.478 e. The molecule has 1 aromatic rings. The number of hydrogen-bond acceptors (Lipinski definition) is 3. The van der Waals surface area contributed by atoms with Gasteiger partial charge in [-0.15, -0.1) is 0 Å². The molecule has 94 valence electrons. The van der Waals surface area contributed by atoms with Crippen LogP contribution in [0.5, 0.6) is 0 Å². The number of carboxylic acids is 1. The van der Waals surface area contributed by atoms with Gasteiger partial charge < -0.3 is 14.8 Å². The molecule has 0 amide bonds. The van der Waals surface area contributed by atoms with Gasteiger partial charge in [0.15, 0.2) is 0 Å². The molecule has 0 aliphatic rings. The van der Waals surface area contributed by atoms with Crippen LogP contribution < -0.4 is 5.32 Å². The van der Waals surface area contributed by atoms with Crippen molar-refractivity contribution in [1.29, 1.82) is 0 Å². The number of nitrogens with one attached hydrogen (secondary N) is 1. The van der Waals surface area contributed by atoms with Gasteiger partial charge in [-0.2, -0.15) is 0 Å². The van der Waals surface area contributed by atoms with E-state index in [-0.39, 0.29) is 5.41 Å². The Hall–Kier alpha value is -1.55. The molecule has 4 heteroatoms. The molecule has 1 rings (SSSR count). The predicted octanol–water partition coefficient (Wildman–Crippen LogP) is 2.10. The second-order valence-electron chi connectivity index (χ2n) is 4.67. The smallest absolute Gasteiger partial charge is 0.328 e. The van der Waals surface area contributed by atoms with Crippen LogP contribution in [0, 0.1) is 6.92 Å². The molecule has 0 spiro atoms. The molecule has 0 fully saturated rings. The monoisotopic (exact) mass is 237 g/mol. The molecule has 0 atom stereocenters. The Kier molecular flexibility index (Phi) is 4.52. The molecule has 0 saturated carbocycles. The molecule has 1 aromatic heterocycles. The van der Waals surface area contributed by atoms with E-state index in [4.69, 9.17) is 9.52 Å². The highest BCUT2D eigenvalue weighted by Crippen LogP contribution is 2.24. The molecule has 1 heterocycles. The third-order valence-electron chi connectivity index (χ3n) is 2.50. The van der Waals surface area contributed by atoms with E-state index in [1.807, 2.05) is 19.1 Å². The standard InChI is InChI=1S/C13H19NO3/c1-10-6-7-11(17-10)13(2,3)9-14-8-4-5-12(15)16/h4-7,14H,8-9H2,1-3H3,(H,15,16)/b5-4+. The Morgan fingerprint density at radius 1 is 1.53 bits per heavy atom. The molecular weight excluding hydrogens is 218 g/mol. The quantitative estimate of drug-likeness (QED) is 0.587. The van der Waals surface area contributed by atoms with E-state index in [1.54, 1.807) is 6.08 Å². The first-order chi connectivity index (χ1) is 7.92. The molecule has 0 aliphatic carbocycles. The summed E-state index contributed by atoms with van der Waals surface area (Å²) in [6.45, 7) is 7.35. The Balaban J connectivity index is 2.42. The number of carboxylic acid groups (broad SMARTS) is 1. The zero-order valence-corrected chi connectivity index (χ0v) is 10.5. The van der Waals surface area contributed by atoms with Gasteiger partial charge in [0.05, 0.1) is 0 Å². The van der Waals surface area contributed by atoms with Gasteiger partial charge >= 0.3 is 5.97 Å². The summed E-state index contributed by atoms with van der Waals surface area (Å²) in [5.41, 5.74) is -0.106. The van der Waals surface area contributed by atoms with Gasteiger partial charge in [0.1, 0.15) is 11.5 Å². The lowest BCUT2D eigenvalue weighted by atomic mass is 9.90. The van der Waals surface area contributed by atoms with Crippen molar-refractivity contribution in [3.8, 4) is 0 Å². The van der Waals surface area contributed by atoms with Crippen molar-refractivity contribution in [2.24, 2.45) is 0 Å². The summed E-state index contributed by atoms with van der Waals surface area (Å²) in [6, 6.07) is 3.92. The number of rotatable bonds is 6. The number of hydrogen-bond donors (Lipinski definition) is 2. The van der Waals surface area contributed by atoms with E-state index in [1.165, 1.54) is 0 Å². The number of aryl methyl sites for hydroxylation is 1. The van der Waals surface area contributed by atoms with Gasteiger partial charge in [-0.05, 0) is 19.1 Å². The zero-order chi connectivity index (χ0) is 12.9. The Morgan fingerprint density at radius 2 is 2.24 bits per heavy atom. The Bertz CT molecular complexity index is 405. The second-order valence-corrected chi connectivity index (χ2v) is 4.67. The third-order valence-corrected chi connectivity index (χ3v) is 2.50. The van der Waals surface area contributed by atoms with E-state index < -0.39 is 5.97 Å². The molecule has 0 aliphatic heterocycles. The van der Waals surface area contributed by atoms with Crippen LogP contribution in [-0.2, 0) is 10.2 Å². The van der Waals surface area contributed by atoms with E-state index in [2.05, 4.69) is 19.2 Å². The molecule has 0 unspecified atom stereocenters. The first kappa shape index (κ1) is 13.5. The summed E-state index contributed by atoms with van der Waals surface area (Å²) in [6.07, 6.45) is 2.73. The zero-order valence-electron chi connectivity index (χ0n) is 10.5. The SMILES string of the molecule is Cc1ccc(C(C)(C)CNC/C=C/C(=O)O)o1. The molecule has 0 aromatic carbocycles. The fourth-order valence-electron chi connectivity index (χ4n) is 1.51. The van der Waals surface area contributed by atoms with Gasteiger partial charge in [0.2, 0.25) is 0 Å². The van der Waals surface area contributed by atoms with Crippen molar-refractivity contribution in [3.05, 3.63) is 35.8 Å². The van der Waals surface area contributed by atoms with Crippen LogP contribution in [0.2, 0.25) is 0 Å². The van der Waals surface area contributed by atoms with Crippen LogP contribution in [0.4, 0.5) is 0 Å². The van der Waals surface area contributed by atoms with Crippen LogP contribution in [-0.4, -0.2) is 24.2 Å². The van der Waals surface area contributed by atoms with Crippen molar-refractivity contribution < 1.29 is 14.3 Å². The van der Waals surface area contributed by atoms with Crippen molar-refractivity contribution in [2.75, 3.05) is 13.1 Å². The molecule has 0 saturated heterocycles. The highest BCUT2D eigenvalue weighted by Gasteiger charge is 2.23. The summed E-state index contributed by atoms with van der Waals surface area (Å²) >= 11 is 0. The summed E-state index contributed by atoms with van der Waals surface area (Å²) in [5, 5.41) is 11.6. The minimum absolute atomic E-state index is 0.106. The van der Waals surface area contributed by atoms with Gasteiger partial charge in [-0.25, -0.2) is 4.79 Å².